The Labute approximate surface area is 107 Å². The maximum atomic E-state index is 12.0. The molecule has 0 spiro atoms. The first-order chi connectivity index (χ1) is 8.65. The van der Waals surface area contributed by atoms with Gasteiger partial charge < -0.3 is 9.47 Å². The molecule has 0 aliphatic carbocycles. The van der Waals surface area contributed by atoms with Crippen LogP contribution < -0.4 is 0 Å². The Kier molecular flexibility index (Phi) is 3.65. The van der Waals surface area contributed by atoms with Gasteiger partial charge in [-0.05, 0) is 31.5 Å². The van der Waals surface area contributed by atoms with Gasteiger partial charge in [0.05, 0.1) is 23.8 Å². The lowest BCUT2D eigenvalue weighted by atomic mass is 10.1. The largest absolute Gasteiger partial charge is 0.343 e. The minimum absolute atomic E-state index is 0.176. The van der Waals surface area contributed by atoms with Gasteiger partial charge in [0.2, 0.25) is 5.91 Å². The molecule has 1 aromatic heterocycles. The zero-order valence-electron chi connectivity index (χ0n) is 11.2. The second-order valence-corrected chi connectivity index (χ2v) is 4.42. The molecule has 0 aliphatic heterocycles. The third-order valence-corrected chi connectivity index (χ3v) is 3.26. The Morgan fingerprint density at radius 1 is 1.33 bits per heavy atom. The molecular weight excluding hydrogens is 226 g/mol. The van der Waals surface area contributed by atoms with Crippen LogP contribution in [0.4, 0.5) is 0 Å². The number of hydrogen-bond acceptors (Lipinski definition) is 2. The van der Waals surface area contributed by atoms with Crippen molar-refractivity contribution in [2.75, 3.05) is 13.1 Å². The highest BCUT2D eigenvalue weighted by atomic mass is 16.2. The summed E-state index contributed by atoms with van der Waals surface area (Å²) in [6.07, 6.45) is 2.24. The van der Waals surface area contributed by atoms with Gasteiger partial charge in [-0.25, -0.2) is 4.98 Å². The average molecular weight is 245 g/mol. The van der Waals surface area contributed by atoms with Gasteiger partial charge in [-0.1, -0.05) is 6.07 Å². The number of imidazole rings is 1. The molecule has 4 nitrogen and oxygen atoms in total. The zero-order valence-corrected chi connectivity index (χ0v) is 11.2. The van der Waals surface area contributed by atoms with Crippen LogP contribution in [0.15, 0.2) is 24.5 Å². The van der Waals surface area contributed by atoms with Gasteiger partial charge in [-0.2, -0.15) is 0 Å². The Morgan fingerprint density at radius 2 is 2.06 bits per heavy atom. The fraction of sp³-hybridized carbons (Fsp3) is 0.429. The number of carbonyl (C=O) groups is 1. The summed E-state index contributed by atoms with van der Waals surface area (Å²) in [5, 5.41) is 0. The summed E-state index contributed by atoms with van der Waals surface area (Å²) in [6, 6.07) is 6.02. The summed E-state index contributed by atoms with van der Waals surface area (Å²) < 4.78 is 1.98. The van der Waals surface area contributed by atoms with Crippen LogP contribution in [0.2, 0.25) is 0 Å². The van der Waals surface area contributed by atoms with Crippen LogP contribution in [-0.2, 0) is 18.3 Å². The fourth-order valence-corrected chi connectivity index (χ4v) is 2.15. The molecule has 2 rings (SSSR count). The first-order valence-electron chi connectivity index (χ1n) is 6.33. The molecule has 0 saturated heterocycles. The average Bonchev–Trinajstić information content (AvgIpc) is 2.72. The lowest BCUT2D eigenvalue weighted by molar-refractivity contribution is -0.130. The second kappa shape index (κ2) is 5.21. The number of fused-ring (bicyclic) bond motifs is 1. The van der Waals surface area contributed by atoms with Crippen LogP contribution >= 0.6 is 0 Å². The van der Waals surface area contributed by atoms with Crippen LogP contribution in [-0.4, -0.2) is 33.4 Å². The number of likely N-dealkylation sites (N-methyl/N-ethyl adjacent to an activating group) is 1. The molecule has 0 unspecified atom stereocenters. The molecule has 0 saturated carbocycles. The number of hydrogen-bond donors (Lipinski definition) is 0. The maximum absolute atomic E-state index is 12.0. The monoisotopic (exact) mass is 245 g/mol. The molecule has 2 aromatic rings. The van der Waals surface area contributed by atoms with Gasteiger partial charge >= 0.3 is 0 Å². The summed E-state index contributed by atoms with van der Waals surface area (Å²) in [6.45, 7) is 5.54. The zero-order chi connectivity index (χ0) is 13.1. The summed E-state index contributed by atoms with van der Waals surface area (Å²) in [5.74, 6) is 0.176. The Hall–Kier alpha value is -1.84. The van der Waals surface area contributed by atoms with Crippen molar-refractivity contribution in [3.63, 3.8) is 0 Å². The van der Waals surface area contributed by atoms with E-state index in [-0.39, 0.29) is 5.91 Å². The molecule has 0 aliphatic rings. The molecule has 1 heterocycles. The molecule has 0 fully saturated rings. The quantitative estimate of drug-likeness (QED) is 0.826. The Balaban J connectivity index is 2.19. The van der Waals surface area contributed by atoms with E-state index in [0.717, 1.165) is 29.7 Å². The summed E-state index contributed by atoms with van der Waals surface area (Å²) in [4.78, 5) is 18.2. The number of rotatable bonds is 4. The van der Waals surface area contributed by atoms with Crippen LogP contribution in [0.5, 0.6) is 0 Å². The molecular formula is C14H19N3O. The van der Waals surface area contributed by atoms with E-state index in [1.165, 1.54) is 0 Å². The topological polar surface area (TPSA) is 38.1 Å². The van der Waals surface area contributed by atoms with E-state index in [9.17, 15) is 4.79 Å². The van der Waals surface area contributed by atoms with Crippen molar-refractivity contribution in [1.82, 2.24) is 14.5 Å². The normalized spacial score (nSPS) is 10.8. The molecule has 0 bridgehead atoms. The van der Waals surface area contributed by atoms with Gasteiger partial charge in [0, 0.05) is 20.1 Å². The minimum atomic E-state index is 0.176. The fourth-order valence-electron chi connectivity index (χ4n) is 2.15. The molecule has 0 N–H and O–H groups in total. The summed E-state index contributed by atoms with van der Waals surface area (Å²) >= 11 is 0. The highest BCUT2D eigenvalue weighted by Crippen LogP contribution is 2.14. The van der Waals surface area contributed by atoms with E-state index in [4.69, 9.17) is 0 Å². The van der Waals surface area contributed by atoms with Crippen molar-refractivity contribution in [3.8, 4) is 0 Å². The van der Waals surface area contributed by atoms with E-state index in [1.54, 1.807) is 6.33 Å². The number of nitrogens with zero attached hydrogens (tertiary/aromatic N) is 3. The highest BCUT2D eigenvalue weighted by Gasteiger charge is 2.11. The highest BCUT2D eigenvalue weighted by molar-refractivity contribution is 5.81. The third-order valence-electron chi connectivity index (χ3n) is 3.26. The van der Waals surface area contributed by atoms with Crippen molar-refractivity contribution in [2.45, 2.75) is 20.3 Å². The molecule has 0 radical (unpaired) electrons. The maximum Gasteiger partial charge on any atom is 0.226 e. The minimum Gasteiger partial charge on any atom is -0.343 e. The van der Waals surface area contributed by atoms with Gasteiger partial charge in [0.25, 0.3) is 0 Å². The predicted molar refractivity (Wildman–Crippen MR) is 72.3 cm³/mol. The lowest BCUT2D eigenvalue weighted by Gasteiger charge is -2.18. The SMILES string of the molecule is CCN(CC)C(=O)Cc1ccc2c(c1)ncn2C. The predicted octanol–water partition coefficient (Wildman–Crippen LogP) is 1.98. The molecule has 18 heavy (non-hydrogen) atoms. The summed E-state index contributed by atoms with van der Waals surface area (Å²) in [5.41, 5.74) is 3.06. The molecule has 1 aromatic carbocycles. The van der Waals surface area contributed by atoms with Crippen LogP contribution in [0.3, 0.4) is 0 Å². The number of aryl methyl sites for hydroxylation is 1. The number of benzene rings is 1. The van der Waals surface area contributed by atoms with Crippen LogP contribution in [0.1, 0.15) is 19.4 Å². The van der Waals surface area contributed by atoms with E-state index < -0.39 is 0 Å². The van der Waals surface area contributed by atoms with Crippen molar-refractivity contribution in [1.29, 1.82) is 0 Å². The Morgan fingerprint density at radius 3 is 2.72 bits per heavy atom. The molecule has 4 heteroatoms. The standard InChI is InChI=1S/C14H19N3O/c1-4-17(5-2)14(18)9-11-6-7-13-12(8-11)15-10-16(13)3/h6-8,10H,4-5,9H2,1-3H3. The van der Waals surface area contributed by atoms with Crippen molar-refractivity contribution < 1.29 is 4.79 Å². The molecule has 96 valence electrons. The van der Waals surface area contributed by atoms with E-state index >= 15 is 0 Å². The molecule has 0 atom stereocenters. The van der Waals surface area contributed by atoms with Crippen molar-refractivity contribution in [3.05, 3.63) is 30.1 Å². The lowest BCUT2D eigenvalue weighted by Crippen LogP contribution is -2.31. The van der Waals surface area contributed by atoms with Crippen molar-refractivity contribution >= 4 is 16.9 Å². The number of aromatic nitrogens is 2. The first-order valence-corrected chi connectivity index (χ1v) is 6.33. The number of amides is 1. The van der Waals surface area contributed by atoms with E-state index in [0.29, 0.717) is 6.42 Å². The number of carbonyl (C=O) groups excluding carboxylic acids is 1. The smallest absolute Gasteiger partial charge is 0.226 e. The van der Waals surface area contributed by atoms with Gasteiger partial charge in [-0.3, -0.25) is 4.79 Å². The van der Waals surface area contributed by atoms with Crippen LogP contribution in [0, 0.1) is 0 Å². The van der Waals surface area contributed by atoms with Gasteiger partial charge in [-0.15, -0.1) is 0 Å². The van der Waals surface area contributed by atoms with Crippen LogP contribution in [0.25, 0.3) is 11.0 Å². The Bertz CT molecular complexity index is 555. The summed E-state index contributed by atoms with van der Waals surface area (Å²) in [7, 11) is 1.97. The van der Waals surface area contributed by atoms with Crippen molar-refractivity contribution in [2.24, 2.45) is 7.05 Å². The van der Waals surface area contributed by atoms with E-state index in [2.05, 4.69) is 4.98 Å². The third kappa shape index (κ3) is 2.37. The second-order valence-electron chi connectivity index (χ2n) is 4.42. The van der Waals surface area contributed by atoms with E-state index in [1.807, 2.05) is 48.6 Å². The van der Waals surface area contributed by atoms with Gasteiger partial charge in [0.15, 0.2) is 0 Å². The first kappa shape index (κ1) is 12.6. The molecule has 1 amide bonds. The van der Waals surface area contributed by atoms with Gasteiger partial charge in [0.1, 0.15) is 0 Å².